The average molecular weight is 383 g/mol. The van der Waals surface area contributed by atoms with Gasteiger partial charge in [0.15, 0.2) is 5.09 Å². The van der Waals surface area contributed by atoms with Crippen LogP contribution in [0.2, 0.25) is 5.02 Å². The molecular weight excluding hydrogens is 372 g/mol. The summed E-state index contributed by atoms with van der Waals surface area (Å²) in [5.74, 6) is -0.439. The summed E-state index contributed by atoms with van der Waals surface area (Å²) in [4.78, 5) is 25.5. The van der Waals surface area contributed by atoms with Crippen molar-refractivity contribution in [1.29, 1.82) is 0 Å². The summed E-state index contributed by atoms with van der Waals surface area (Å²) in [6, 6.07) is 17.5. The van der Waals surface area contributed by atoms with Crippen LogP contribution < -0.4 is 0 Å². The van der Waals surface area contributed by atoms with Gasteiger partial charge in [-0.25, -0.2) is 0 Å². The largest absolute Gasteiger partial charge is 0.448 e. The number of benzene rings is 2. The number of hydrogen-bond donors (Lipinski definition) is 0. The first-order valence-electron chi connectivity index (χ1n) is 7.67. The van der Waals surface area contributed by atoms with Gasteiger partial charge in [0, 0.05) is 9.92 Å². The van der Waals surface area contributed by atoms with Crippen LogP contribution in [0.3, 0.4) is 0 Å². The molecule has 0 bridgehead atoms. The molecule has 1 aliphatic rings. The quantitative estimate of drug-likeness (QED) is 0.484. The van der Waals surface area contributed by atoms with Crippen molar-refractivity contribution >= 4 is 41.4 Å². The predicted molar refractivity (Wildman–Crippen MR) is 98.8 cm³/mol. The SMILES string of the molecule is O=C1c2ccccc2C(=O)N1/N=C\c1ccc(Sc2ccc(Cl)cc2)o1. The molecule has 2 amide bonds. The fraction of sp³-hybridized carbons (Fsp3) is 0. The van der Waals surface area contributed by atoms with Crippen LogP contribution >= 0.6 is 23.4 Å². The summed E-state index contributed by atoms with van der Waals surface area (Å²) in [7, 11) is 0. The first-order chi connectivity index (χ1) is 12.6. The normalized spacial score (nSPS) is 13.7. The second kappa shape index (κ2) is 6.82. The summed E-state index contributed by atoms with van der Waals surface area (Å²) in [6.45, 7) is 0. The molecule has 2 aromatic carbocycles. The summed E-state index contributed by atoms with van der Waals surface area (Å²) in [6.07, 6.45) is 1.35. The number of fused-ring (bicyclic) bond motifs is 1. The molecule has 7 heteroatoms. The Morgan fingerprint density at radius 2 is 1.58 bits per heavy atom. The van der Waals surface area contributed by atoms with Crippen LogP contribution in [0.1, 0.15) is 26.5 Å². The van der Waals surface area contributed by atoms with E-state index in [1.807, 2.05) is 12.1 Å². The van der Waals surface area contributed by atoms with E-state index >= 15 is 0 Å². The van der Waals surface area contributed by atoms with Gasteiger partial charge in [0.25, 0.3) is 11.8 Å². The number of nitrogens with zero attached hydrogens (tertiary/aromatic N) is 2. The lowest BCUT2D eigenvalue weighted by Gasteiger charge is -2.04. The van der Waals surface area contributed by atoms with Gasteiger partial charge in [0.1, 0.15) is 5.76 Å². The van der Waals surface area contributed by atoms with Crippen LogP contribution in [-0.2, 0) is 0 Å². The predicted octanol–water partition coefficient (Wildman–Crippen LogP) is 4.71. The minimum atomic E-state index is -0.441. The van der Waals surface area contributed by atoms with E-state index in [1.165, 1.54) is 18.0 Å². The second-order valence-corrected chi connectivity index (χ2v) is 6.94. The Bertz CT molecular complexity index is 992. The zero-order chi connectivity index (χ0) is 18.1. The first-order valence-corrected chi connectivity index (χ1v) is 8.86. The van der Waals surface area contributed by atoms with Crippen molar-refractivity contribution < 1.29 is 14.0 Å². The number of amides is 2. The molecule has 0 aliphatic carbocycles. The van der Waals surface area contributed by atoms with E-state index in [4.69, 9.17) is 16.0 Å². The summed E-state index contributed by atoms with van der Waals surface area (Å²) in [5.41, 5.74) is 0.709. The highest BCUT2D eigenvalue weighted by Crippen LogP contribution is 2.30. The third-order valence-electron chi connectivity index (χ3n) is 3.71. The van der Waals surface area contributed by atoms with E-state index in [9.17, 15) is 9.59 Å². The van der Waals surface area contributed by atoms with Crippen LogP contribution in [0.15, 0.2) is 80.2 Å². The molecule has 3 aromatic rings. The van der Waals surface area contributed by atoms with Gasteiger partial charge in [-0.05, 0) is 48.5 Å². The standard InChI is InChI=1S/C19H11ClN2O3S/c20-12-5-8-14(9-6-12)26-17-10-7-13(25-17)11-21-22-18(23)15-3-1-2-4-16(15)19(22)24/h1-11H/b21-11-. The van der Waals surface area contributed by atoms with Crippen LogP contribution in [0.25, 0.3) is 0 Å². The van der Waals surface area contributed by atoms with E-state index in [0.717, 1.165) is 9.90 Å². The van der Waals surface area contributed by atoms with Gasteiger partial charge in [-0.1, -0.05) is 35.5 Å². The number of halogens is 1. The minimum Gasteiger partial charge on any atom is -0.448 e. The molecule has 0 saturated heterocycles. The second-order valence-electron chi connectivity index (χ2n) is 5.43. The molecule has 1 aliphatic heterocycles. The van der Waals surface area contributed by atoms with Gasteiger partial charge in [-0.3, -0.25) is 9.59 Å². The van der Waals surface area contributed by atoms with Crippen LogP contribution in [0, 0.1) is 0 Å². The smallest absolute Gasteiger partial charge is 0.282 e. The Kier molecular flexibility index (Phi) is 4.36. The fourth-order valence-corrected chi connectivity index (χ4v) is 3.38. The average Bonchev–Trinajstić information content (AvgIpc) is 3.19. The van der Waals surface area contributed by atoms with Crippen molar-refractivity contribution in [3.05, 3.63) is 82.6 Å². The number of hydrogen-bond acceptors (Lipinski definition) is 5. The highest BCUT2D eigenvalue weighted by molar-refractivity contribution is 7.99. The number of hydrazone groups is 1. The zero-order valence-corrected chi connectivity index (χ0v) is 14.8. The number of imide groups is 1. The third-order valence-corrected chi connectivity index (χ3v) is 4.89. The molecule has 0 unspecified atom stereocenters. The summed E-state index contributed by atoms with van der Waals surface area (Å²) < 4.78 is 5.66. The number of rotatable bonds is 4. The number of furan rings is 1. The molecule has 0 spiro atoms. The van der Waals surface area contributed by atoms with Crippen LogP contribution in [-0.4, -0.2) is 23.0 Å². The molecule has 26 heavy (non-hydrogen) atoms. The minimum absolute atomic E-state index is 0.355. The van der Waals surface area contributed by atoms with E-state index in [2.05, 4.69) is 5.10 Å². The van der Waals surface area contributed by atoms with Gasteiger partial charge in [0.2, 0.25) is 0 Å². The topological polar surface area (TPSA) is 62.9 Å². The highest BCUT2D eigenvalue weighted by atomic mass is 35.5. The monoisotopic (exact) mass is 382 g/mol. The maximum Gasteiger partial charge on any atom is 0.282 e. The Morgan fingerprint density at radius 1 is 0.923 bits per heavy atom. The molecule has 128 valence electrons. The molecule has 1 aromatic heterocycles. The molecule has 0 saturated carbocycles. The summed E-state index contributed by atoms with van der Waals surface area (Å²) >= 11 is 7.30. The Labute approximate surface area is 158 Å². The summed E-state index contributed by atoms with van der Waals surface area (Å²) in [5, 5.41) is 6.17. The number of carbonyl (C=O) groups excluding carboxylic acids is 2. The van der Waals surface area contributed by atoms with E-state index < -0.39 is 11.8 Å². The van der Waals surface area contributed by atoms with Crippen molar-refractivity contribution in [3.63, 3.8) is 0 Å². The number of carbonyl (C=O) groups is 2. The maximum absolute atomic E-state index is 12.2. The van der Waals surface area contributed by atoms with E-state index in [1.54, 1.807) is 48.5 Å². The van der Waals surface area contributed by atoms with Crippen LogP contribution in [0.5, 0.6) is 0 Å². The highest BCUT2D eigenvalue weighted by Gasteiger charge is 2.35. The van der Waals surface area contributed by atoms with Gasteiger partial charge in [-0.2, -0.15) is 10.1 Å². The molecule has 0 radical (unpaired) electrons. The van der Waals surface area contributed by atoms with Crippen molar-refractivity contribution in [2.24, 2.45) is 5.10 Å². The van der Waals surface area contributed by atoms with Gasteiger partial charge >= 0.3 is 0 Å². The maximum atomic E-state index is 12.2. The van der Waals surface area contributed by atoms with Crippen LogP contribution in [0.4, 0.5) is 0 Å². The van der Waals surface area contributed by atoms with E-state index in [0.29, 0.717) is 27.0 Å². The zero-order valence-electron chi connectivity index (χ0n) is 13.3. The lowest BCUT2D eigenvalue weighted by atomic mass is 10.1. The molecule has 4 rings (SSSR count). The Hall–Kier alpha value is -2.83. The molecule has 0 atom stereocenters. The van der Waals surface area contributed by atoms with E-state index in [-0.39, 0.29) is 0 Å². The first kappa shape index (κ1) is 16.6. The van der Waals surface area contributed by atoms with Crippen molar-refractivity contribution in [1.82, 2.24) is 5.01 Å². The molecule has 0 N–H and O–H groups in total. The van der Waals surface area contributed by atoms with Crippen molar-refractivity contribution in [3.8, 4) is 0 Å². The Balaban J connectivity index is 1.48. The molecule has 2 heterocycles. The van der Waals surface area contributed by atoms with Gasteiger partial charge in [-0.15, -0.1) is 0 Å². The lowest BCUT2D eigenvalue weighted by Crippen LogP contribution is -2.23. The third kappa shape index (κ3) is 3.16. The Morgan fingerprint density at radius 3 is 2.23 bits per heavy atom. The van der Waals surface area contributed by atoms with Gasteiger partial charge < -0.3 is 4.42 Å². The lowest BCUT2D eigenvalue weighted by molar-refractivity contribution is 0.0660. The molecule has 0 fully saturated rings. The van der Waals surface area contributed by atoms with Crippen molar-refractivity contribution in [2.75, 3.05) is 0 Å². The molecular formula is C19H11ClN2O3S. The van der Waals surface area contributed by atoms with Crippen molar-refractivity contribution in [2.45, 2.75) is 9.99 Å². The molecule has 5 nitrogen and oxygen atoms in total. The van der Waals surface area contributed by atoms with Gasteiger partial charge in [0.05, 0.1) is 17.3 Å². The fourth-order valence-electron chi connectivity index (χ4n) is 2.47.